The van der Waals surface area contributed by atoms with Crippen LogP contribution in [0.1, 0.15) is 89.4 Å². The van der Waals surface area contributed by atoms with Crippen molar-refractivity contribution in [2.45, 2.75) is 64.4 Å². The minimum Gasteiger partial charge on any atom is -0.494 e. The van der Waals surface area contributed by atoms with Gasteiger partial charge in [0.15, 0.2) is 12.1 Å². The maximum atomic E-state index is 13.3. The second-order valence-corrected chi connectivity index (χ2v) is 11.0. The summed E-state index contributed by atoms with van der Waals surface area (Å²) in [4.78, 5) is 59.0. The van der Waals surface area contributed by atoms with Crippen molar-refractivity contribution in [3.05, 3.63) is 83.9 Å². The van der Waals surface area contributed by atoms with Gasteiger partial charge in [0.2, 0.25) is 0 Å². The molecule has 1 fully saturated rings. The van der Waals surface area contributed by atoms with E-state index in [4.69, 9.17) is 23.7 Å². The molecule has 46 heavy (non-hydrogen) atoms. The van der Waals surface area contributed by atoms with Crippen LogP contribution in [0, 0.1) is 5.92 Å². The van der Waals surface area contributed by atoms with Gasteiger partial charge in [-0.3, -0.25) is 19.2 Å². The van der Waals surface area contributed by atoms with Gasteiger partial charge in [-0.2, -0.15) is 0 Å². The summed E-state index contributed by atoms with van der Waals surface area (Å²) in [7, 11) is 1.71. The highest BCUT2D eigenvalue weighted by Crippen LogP contribution is 2.34. The molecule has 9 heteroatoms. The van der Waals surface area contributed by atoms with Crippen LogP contribution in [0.3, 0.4) is 0 Å². The Morgan fingerprint density at radius 2 is 1.50 bits per heavy atom. The second kappa shape index (κ2) is 19.0. The SMILES string of the molecule is C=CC=O.COCCCCCCOc1ccc(C(=O)C2CCC(OC(=O)c3c(C=O)cc(OC(C)=O)c4ccccc34)CC2)cc1. The zero-order chi connectivity index (χ0) is 33.3. The Bertz CT molecular complexity index is 1480. The molecule has 0 N–H and O–H groups in total. The summed E-state index contributed by atoms with van der Waals surface area (Å²) in [6, 6.07) is 15.6. The highest BCUT2D eigenvalue weighted by molar-refractivity contribution is 6.12. The number of hydrogen-bond acceptors (Lipinski definition) is 9. The lowest BCUT2D eigenvalue weighted by atomic mass is 9.82. The fraction of sp³-hybridized carbons (Fsp3) is 0.378. The predicted octanol–water partition coefficient (Wildman–Crippen LogP) is 7.13. The number of carbonyl (C=O) groups is 5. The molecule has 1 aliphatic carbocycles. The van der Waals surface area contributed by atoms with Gasteiger partial charge in [-0.15, -0.1) is 0 Å². The Morgan fingerprint density at radius 1 is 0.870 bits per heavy atom. The number of Topliss-reactive ketones (excluding diaryl/α,β-unsaturated/α-hetero) is 1. The molecule has 0 bridgehead atoms. The number of hydrogen-bond donors (Lipinski definition) is 0. The van der Waals surface area contributed by atoms with Gasteiger partial charge in [0, 0.05) is 48.5 Å². The Kier molecular flexibility index (Phi) is 14.8. The van der Waals surface area contributed by atoms with Gasteiger partial charge in [-0.1, -0.05) is 37.3 Å². The molecular formula is C37H42O9. The number of fused-ring (bicyclic) bond motifs is 1. The Balaban J connectivity index is 0.00000136. The Hall–Kier alpha value is -4.63. The van der Waals surface area contributed by atoms with E-state index in [1.165, 1.54) is 19.1 Å². The van der Waals surface area contributed by atoms with E-state index in [0.717, 1.165) is 38.0 Å². The minimum atomic E-state index is -0.608. The lowest BCUT2D eigenvalue weighted by Crippen LogP contribution is -2.28. The molecule has 0 atom stereocenters. The number of unbranched alkanes of at least 4 members (excludes halogenated alkanes) is 3. The number of allylic oxidation sites excluding steroid dienone is 1. The van der Waals surface area contributed by atoms with Gasteiger partial charge >= 0.3 is 11.9 Å². The molecule has 0 unspecified atom stereocenters. The van der Waals surface area contributed by atoms with Crippen LogP contribution in [0.15, 0.2) is 67.3 Å². The fourth-order valence-electron chi connectivity index (χ4n) is 5.42. The zero-order valence-corrected chi connectivity index (χ0v) is 26.5. The number of carbonyl (C=O) groups excluding carboxylic acids is 5. The summed E-state index contributed by atoms with van der Waals surface area (Å²) in [6.07, 6.45) is 8.58. The van der Waals surface area contributed by atoms with E-state index in [9.17, 15) is 19.2 Å². The third-order valence-corrected chi connectivity index (χ3v) is 7.69. The predicted molar refractivity (Wildman–Crippen MR) is 175 cm³/mol. The molecule has 0 saturated heterocycles. The van der Waals surface area contributed by atoms with Gasteiger partial charge in [0.05, 0.1) is 12.2 Å². The highest BCUT2D eigenvalue weighted by Gasteiger charge is 2.30. The van der Waals surface area contributed by atoms with Crippen LogP contribution in [0.2, 0.25) is 0 Å². The first kappa shape index (κ1) is 35.8. The van der Waals surface area contributed by atoms with E-state index >= 15 is 0 Å². The quantitative estimate of drug-likeness (QED) is 0.0431. The van der Waals surface area contributed by atoms with Crippen molar-refractivity contribution in [3.8, 4) is 11.5 Å². The molecule has 244 valence electrons. The van der Waals surface area contributed by atoms with Crippen LogP contribution < -0.4 is 9.47 Å². The van der Waals surface area contributed by atoms with Crippen LogP contribution >= 0.6 is 0 Å². The number of ether oxygens (including phenoxy) is 4. The largest absolute Gasteiger partial charge is 0.494 e. The van der Waals surface area contributed by atoms with Crippen LogP contribution in [0.5, 0.6) is 11.5 Å². The van der Waals surface area contributed by atoms with E-state index < -0.39 is 11.9 Å². The molecule has 4 rings (SSSR count). The van der Waals surface area contributed by atoms with Crippen molar-refractivity contribution in [3.63, 3.8) is 0 Å². The van der Waals surface area contributed by atoms with Crippen LogP contribution in [0.25, 0.3) is 10.8 Å². The maximum absolute atomic E-state index is 13.3. The van der Waals surface area contributed by atoms with Crippen LogP contribution in [0.4, 0.5) is 0 Å². The third kappa shape index (κ3) is 10.5. The first-order valence-corrected chi connectivity index (χ1v) is 15.5. The molecule has 3 aromatic carbocycles. The van der Waals surface area contributed by atoms with Crippen molar-refractivity contribution >= 4 is 41.1 Å². The second-order valence-electron chi connectivity index (χ2n) is 11.0. The van der Waals surface area contributed by atoms with E-state index in [1.807, 2.05) is 24.3 Å². The number of benzene rings is 3. The zero-order valence-electron chi connectivity index (χ0n) is 26.5. The molecule has 3 aromatic rings. The molecule has 0 spiro atoms. The molecular weight excluding hydrogens is 588 g/mol. The topological polar surface area (TPSA) is 122 Å². The first-order valence-electron chi connectivity index (χ1n) is 15.5. The number of methoxy groups -OCH3 is 1. The van der Waals surface area contributed by atoms with Gasteiger partial charge < -0.3 is 18.9 Å². The average molecular weight is 631 g/mol. The lowest BCUT2D eigenvalue weighted by molar-refractivity contribution is -0.131. The molecule has 0 aromatic heterocycles. The van der Waals surface area contributed by atoms with Gasteiger partial charge in [-0.05, 0) is 81.4 Å². The minimum absolute atomic E-state index is 0.0831. The maximum Gasteiger partial charge on any atom is 0.339 e. The standard InChI is InChI=1S/C34H38O8.C3H4O/c1-23(36)41-31-21-26(22-35)32(30-10-6-5-9-29(30)31)34(38)42-28-17-13-25(14-18-28)33(37)24-11-15-27(16-12-24)40-20-8-4-3-7-19-39-2;1-2-3-4/h5-6,9-12,15-16,21-22,25,28H,3-4,7-8,13-14,17-20H2,1-2H3;2-3H,1H2. The number of rotatable bonds is 15. The third-order valence-electron chi connectivity index (χ3n) is 7.69. The van der Waals surface area contributed by atoms with Crippen LogP contribution in [-0.2, 0) is 19.1 Å². The van der Waals surface area contributed by atoms with Gasteiger partial charge in [-0.25, -0.2) is 4.79 Å². The lowest BCUT2D eigenvalue weighted by Gasteiger charge is -2.28. The molecule has 0 aliphatic heterocycles. The smallest absolute Gasteiger partial charge is 0.339 e. The van der Waals surface area contributed by atoms with E-state index in [0.29, 0.717) is 61.2 Å². The van der Waals surface area contributed by atoms with E-state index in [-0.39, 0.29) is 34.7 Å². The summed E-state index contributed by atoms with van der Waals surface area (Å²) in [5, 5.41) is 1.01. The molecule has 0 radical (unpaired) electrons. The first-order chi connectivity index (χ1) is 22.3. The summed E-state index contributed by atoms with van der Waals surface area (Å²) >= 11 is 0. The summed E-state index contributed by atoms with van der Waals surface area (Å²) in [5.74, 6) is -0.231. The van der Waals surface area contributed by atoms with Crippen molar-refractivity contribution in [2.75, 3.05) is 20.3 Å². The molecule has 0 amide bonds. The number of esters is 2. The summed E-state index contributed by atoms with van der Waals surface area (Å²) in [5.41, 5.74) is 0.883. The summed E-state index contributed by atoms with van der Waals surface area (Å²) < 4.78 is 22.0. The van der Waals surface area contributed by atoms with Crippen molar-refractivity contribution < 1.29 is 42.9 Å². The molecule has 0 heterocycles. The molecule has 1 aliphatic rings. The normalized spacial score (nSPS) is 15.5. The Labute approximate surface area is 269 Å². The number of aldehydes is 2. The molecule has 9 nitrogen and oxygen atoms in total. The average Bonchev–Trinajstić information content (AvgIpc) is 3.07. The Morgan fingerprint density at radius 3 is 2.09 bits per heavy atom. The van der Waals surface area contributed by atoms with Crippen molar-refractivity contribution in [1.82, 2.24) is 0 Å². The van der Waals surface area contributed by atoms with Crippen LogP contribution in [-0.4, -0.2) is 56.7 Å². The molecule has 1 saturated carbocycles. The van der Waals surface area contributed by atoms with E-state index in [2.05, 4.69) is 6.58 Å². The van der Waals surface area contributed by atoms with Crippen molar-refractivity contribution in [2.24, 2.45) is 5.92 Å². The monoisotopic (exact) mass is 630 g/mol. The van der Waals surface area contributed by atoms with Gasteiger partial charge in [0.25, 0.3) is 0 Å². The number of ketones is 1. The van der Waals surface area contributed by atoms with E-state index in [1.54, 1.807) is 31.4 Å². The van der Waals surface area contributed by atoms with Crippen molar-refractivity contribution in [1.29, 1.82) is 0 Å². The fourth-order valence-corrected chi connectivity index (χ4v) is 5.42. The summed E-state index contributed by atoms with van der Waals surface area (Å²) in [6.45, 7) is 5.82. The highest BCUT2D eigenvalue weighted by atomic mass is 16.5. The van der Waals surface area contributed by atoms with Gasteiger partial charge in [0.1, 0.15) is 23.9 Å².